The molecule has 106 valence electrons. The molecule has 0 heterocycles. The first kappa shape index (κ1) is 16.5. The van der Waals surface area contributed by atoms with Gasteiger partial charge in [0.25, 0.3) is 0 Å². The van der Waals surface area contributed by atoms with Gasteiger partial charge in [-0.2, -0.15) is 11.8 Å². The number of rotatable bonds is 6. The topological polar surface area (TPSA) is 17.1 Å². The van der Waals surface area contributed by atoms with Gasteiger partial charge in [0, 0.05) is 28.2 Å². The van der Waals surface area contributed by atoms with Gasteiger partial charge in [0.2, 0.25) is 0 Å². The van der Waals surface area contributed by atoms with Gasteiger partial charge >= 0.3 is 0 Å². The summed E-state index contributed by atoms with van der Waals surface area (Å²) in [6.07, 6.45) is 1.41. The maximum Gasteiger partial charge on any atom is 0.138 e. The van der Waals surface area contributed by atoms with E-state index in [1.165, 1.54) is 6.07 Å². The van der Waals surface area contributed by atoms with Crippen LogP contribution in [0, 0.1) is 11.2 Å². The number of thioether (sulfide) groups is 1. The van der Waals surface area contributed by atoms with Gasteiger partial charge in [0.15, 0.2) is 0 Å². The highest BCUT2D eigenvalue weighted by molar-refractivity contribution is 7.98. The molecule has 0 bridgehead atoms. The second-order valence-electron chi connectivity index (χ2n) is 5.53. The summed E-state index contributed by atoms with van der Waals surface area (Å²) in [5, 5.41) is 0.471. The molecule has 0 aliphatic carbocycles. The molecule has 0 atom stereocenters. The molecular weight excluding hydrogens is 283 g/mol. The fourth-order valence-electron chi connectivity index (χ4n) is 1.55. The van der Waals surface area contributed by atoms with Gasteiger partial charge in [-0.1, -0.05) is 38.4 Å². The van der Waals surface area contributed by atoms with Crippen LogP contribution in [0.1, 0.15) is 39.2 Å². The molecule has 1 rings (SSSR count). The predicted octanol–water partition coefficient (Wildman–Crippen LogP) is 5.11. The number of halogens is 2. The second kappa shape index (κ2) is 7.30. The Kier molecular flexibility index (Phi) is 6.34. The molecule has 0 unspecified atom stereocenters. The van der Waals surface area contributed by atoms with Crippen molar-refractivity contribution in [3.63, 3.8) is 0 Å². The Morgan fingerprint density at radius 1 is 1.37 bits per heavy atom. The molecule has 0 fully saturated rings. The van der Waals surface area contributed by atoms with Crippen LogP contribution >= 0.6 is 23.4 Å². The van der Waals surface area contributed by atoms with E-state index >= 15 is 0 Å². The van der Waals surface area contributed by atoms with E-state index in [1.54, 1.807) is 23.9 Å². The van der Waals surface area contributed by atoms with E-state index < -0.39 is 0 Å². The van der Waals surface area contributed by atoms with E-state index in [9.17, 15) is 9.18 Å². The van der Waals surface area contributed by atoms with Crippen LogP contribution in [-0.2, 0) is 10.5 Å². The molecule has 0 aromatic heterocycles. The quantitative estimate of drug-likeness (QED) is 0.679. The van der Waals surface area contributed by atoms with E-state index in [1.807, 2.05) is 20.8 Å². The van der Waals surface area contributed by atoms with E-state index in [-0.39, 0.29) is 17.0 Å². The molecular formula is C15H20ClFOS. The first-order valence-electron chi connectivity index (χ1n) is 6.36. The Balaban J connectivity index is 2.31. The maximum absolute atomic E-state index is 13.5. The van der Waals surface area contributed by atoms with Crippen molar-refractivity contribution in [2.24, 2.45) is 5.41 Å². The van der Waals surface area contributed by atoms with Gasteiger partial charge < -0.3 is 0 Å². The van der Waals surface area contributed by atoms with Crippen molar-refractivity contribution in [3.8, 4) is 0 Å². The Hall–Kier alpha value is -0.540. The lowest BCUT2D eigenvalue weighted by Gasteiger charge is -2.16. The van der Waals surface area contributed by atoms with Crippen molar-refractivity contribution in [2.45, 2.75) is 39.4 Å². The Morgan fingerprint density at radius 2 is 2.05 bits per heavy atom. The third-order valence-electron chi connectivity index (χ3n) is 2.84. The highest BCUT2D eigenvalue weighted by Gasteiger charge is 2.20. The van der Waals surface area contributed by atoms with Gasteiger partial charge in [0.05, 0.1) is 0 Å². The third kappa shape index (κ3) is 5.53. The van der Waals surface area contributed by atoms with Crippen LogP contribution < -0.4 is 0 Å². The number of carbonyl (C=O) groups is 1. The number of benzene rings is 1. The molecule has 4 heteroatoms. The molecule has 0 aliphatic heterocycles. The van der Waals surface area contributed by atoms with Crippen LogP contribution in [0.3, 0.4) is 0 Å². The number of ketones is 1. The molecule has 1 nitrogen and oxygen atoms in total. The summed E-state index contributed by atoms with van der Waals surface area (Å²) < 4.78 is 13.5. The smallest absolute Gasteiger partial charge is 0.138 e. The zero-order valence-corrected chi connectivity index (χ0v) is 13.2. The van der Waals surface area contributed by atoms with Gasteiger partial charge in [-0.15, -0.1) is 0 Å². The number of hydrogen-bond acceptors (Lipinski definition) is 2. The molecule has 0 saturated heterocycles. The summed E-state index contributed by atoms with van der Waals surface area (Å²) in [5.41, 5.74) is 0.288. The average Bonchev–Trinajstić information content (AvgIpc) is 2.30. The lowest BCUT2D eigenvalue weighted by molar-refractivity contribution is -0.126. The van der Waals surface area contributed by atoms with Crippen molar-refractivity contribution >= 4 is 29.1 Å². The van der Waals surface area contributed by atoms with Crippen LogP contribution in [-0.4, -0.2) is 11.5 Å². The minimum absolute atomic E-state index is 0.259. The predicted molar refractivity (Wildman–Crippen MR) is 81.3 cm³/mol. The first-order valence-corrected chi connectivity index (χ1v) is 7.89. The molecule has 0 saturated carbocycles. The standard InChI is InChI=1S/C15H20ClFOS/c1-15(2,3)14(18)8-5-9-19-10-11-12(16)6-4-7-13(11)17/h4,6-7H,5,8-10H2,1-3H3. The molecule has 0 radical (unpaired) electrons. The SMILES string of the molecule is CC(C)(C)C(=O)CCCSCc1c(F)cccc1Cl. The van der Waals surface area contributed by atoms with Crippen LogP contribution in [0.25, 0.3) is 0 Å². The maximum atomic E-state index is 13.5. The third-order valence-corrected chi connectivity index (χ3v) is 4.26. The lowest BCUT2D eigenvalue weighted by atomic mass is 9.88. The molecule has 0 spiro atoms. The monoisotopic (exact) mass is 302 g/mol. The fraction of sp³-hybridized carbons (Fsp3) is 0.533. The summed E-state index contributed by atoms with van der Waals surface area (Å²) in [6, 6.07) is 4.72. The number of Topliss-reactive ketones (excluding diaryl/α,β-unsaturated/α-hetero) is 1. The van der Waals surface area contributed by atoms with Crippen molar-refractivity contribution in [1.82, 2.24) is 0 Å². The summed E-state index contributed by atoms with van der Waals surface area (Å²) >= 11 is 7.56. The van der Waals surface area contributed by atoms with Gasteiger partial charge in [0.1, 0.15) is 11.6 Å². The minimum Gasteiger partial charge on any atom is -0.299 e. The van der Waals surface area contributed by atoms with E-state index in [0.29, 0.717) is 22.8 Å². The van der Waals surface area contributed by atoms with E-state index in [2.05, 4.69) is 0 Å². The molecule has 0 amide bonds. The van der Waals surface area contributed by atoms with Crippen molar-refractivity contribution in [1.29, 1.82) is 0 Å². The summed E-state index contributed by atoms with van der Waals surface area (Å²) in [5.74, 6) is 1.41. The fourth-order valence-corrected chi connectivity index (χ4v) is 2.85. The van der Waals surface area contributed by atoms with Crippen LogP contribution in [0.5, 0.6) is 0 Å². The molecule has 1 aromatic rings. The summed E-state index contributed by atoms with van der Waals surface area (Å²) in [6.45, 7) is 5.80. The largest absolute Gasteiger partial charge is 0.299 e. The van der Waals surface area contributed by atoms with Crippen molar-refractivity contribution in [3.05, 3.63) is 34.6 Å². The number of hydrogen-bond donors (Lipinski definition) is 0. The zero-order chi connectivity index (χ0) is 14.5. The molecule has 0 N–H and O–H groups in total. The highest BCUT2D eigenvalue weighted by Crippen LogP contribution is 2.25. The second-order valence-corrected chi connectivity index (χ2v) is 7.04. The molecule has 1 aromatic carbocycles. The van der Waals surface area contributed by atoms with Crippen LogP contribution in [0.4, 0.5) is 4.39 Å². The van der Waals surface area contributed by atoms with E-state index in [0.717, 1.165) is 12.2 Å². The molecule has 19 heavy (non-hydrogen) atoms. The van der Waals surface area contributed by atoms with Crippen molar-refractivity contribution < 1.29 is 9.18 Å². The Bertz CT molecular complexity index is 420. The Morgan fingerprint density at radius 3 is 2.63 bits per heavy atom. The minimum atomic E-state index is -0.264. The van der Waals surface area contributed by atoms with Crippen LogP contribution in [0.2, 0.25) is 5.02 Å². The zero-order valence-electron chi connectivity index (χ0n) is 11.6. The summed E-state index contributed by atoms with van der Waals surface area (Å²) in [7, 11) is 0. The van der Waals surface area contributed by atoms with Gasteiger partial charge in [-0.3, -0.25) is 4.79 Å². The highest BCUT2D eigenvalue weighted by atomic mass is 35.5. The van der Waals surface area contributed by atoms with Crippen molar-refractivity contribution in [2.75, 3.05) is 5.75 Å². The van der Waals surface area contributed by atoms with Gasteiger partial charge in [-0.25, -0.2) is 4.39 Å². The average molecular weight is 303 g/mol. The number of carbonyl (C=O) groups excluding carboxylic acids is 1. The summed E-state index contributed by atoms with van der Waals surface area (Å²) in [4.78, 5) is 11.7. The van der Waals surface area contributed by atoms with Gasteiger partial charge in [-0.05, 0) is 24.3 Å². The lowest BCUT2D eigenvalue weighted by Crippen LogP contribution is -2.19. The van der Waals surface area contributed by atoms with E-state index in [4.69, 9.17) is 11.6 Å². The van der Waals surface area contributed by atoms with Crippen LogP contribution in [0.15, 0.2) is 18.2 Å². The first-order chi connectivity index (χ1) is 8.82. The Labute approximate surface area is 123 Å². The molecule has 0 aliphatic rings. The normalized spacial score (nSPS) is 11.6.